The molecule has 0 aromatic rings. The van der Waals surface area contributed by atoms with E-state index in [1.165, 1.54) is 6.92 Å². The molecule has 0 rings (SSSR count). The lowest BCUT2D eigenvalue weighted by atomic mass is 10.1. The summed E-state index contributed by atoms with van der Waals surface area (Å²) in [5, 5.41) is 9.60. The summed E-state index contributed by atoms with van der Waals surface area (Å²) in [5.74, 6) is -2.96. The minimum absolute atomic E-state index is 0.0615. The Morgan fingerprint density at radius 3 is 2.17 bits per heavy atom. The van der Waals surface area contributed by atoms with Crippen molar-refractivity contribution < 1.29 is 28.7 Å². The normalized spacial score (nSPS) is 13.8. The summed E-state index contributed by atoms with van der Waals surface area (Å²) in [4.78, 5) is 52.9. The van der Waals surface area contributed by atoms with Gasteiger partial charge in [0.05, 0.1) is 13.1 Å². The van der Waals surface area contributed by atoms with E-state index in [0.29, 0.717) is 12.8 Å². The smallest absolute Gasteiger partial charge is 0.346 e. The number of carbonyl (C=O) groups excluding carboxylic acids is 3. The van der Waals surface area contributed by atoms with Gasteiger partial charge in [-0.25, -0.2) is 0 Å². The van der Waals surface area contributed by atoms with Crippen molar-refractivity contribution in [1.82, 2.24) is 21.3 Å². The standard InChI is InChI=1S/C12H25N4O6P/c1-4-5-9(12(19)15-8(2)23(20,21)22)16-11(18)7-14-10(17)6-13-3/h8-9,13H,4-7H2,1-3H3,(H,14,17)(H,15,19)(H,16,18)(H2,20,21,22)/t8-,9+/m1/s1. The minimum Gasteiger partial charge on any atom is -0.346 e. The van der Waals surface area contributed by atoms with E-state index in [1.54, 1.807) is 14.0 Å². The van der Waals surface area contributed by atoms with Crippen LogP contribution in [0.5, 0.6) is 0 Å². The molecule has 0 spiro atoms. The molecule has 0 aliphatic rings. The van der Waals surface area contributed by atoms with Crippen LogP contribution >= 0.6 is 7.60 Å². The Morgan fingerprint density at radius 1 is 1.09 bits per heavy atom. The molecule has 0 bridgehead atoms. The Bertz CT molecular complexity index is 466. The highest BCUT2D eigenvalue weighted by Crippen LogP contribution is 2.39. The molecule has 0 heterocycles. The summed E-state index contributed by atoms with van der Waals surface area (Å²) < 4.78 is 11.0. The van der Waals surface area contributed by atoms with Gasteiger partial charge in [-0.1, -0.05) is 13.3 Å². The summed E-state index contributed by atoms with van der Waals surface area (Å²) in [6, 6.07) is -0.928. The summed E-state index contributed by atoms with van der Waals surface area (Å²) >= 11 is 0. The van der Waals surface area contributed by atoms with Gasteiger partial charge in [0.1, 0.15) is 11.8 Å². The molecule has 0 radical (unpaired) electrons. The molecular formula is C12H25N4O6P. The largest absolute Gasteiger partial charge is 0.347 e. The van der Waals surface area contributed by atoms with Crippen LogP contribution in [-0.2, 0) is 18.9 Å². The van der Waals surface area contributed by atoms with Crippen molar-refractivity contribution in [2.45, 2.75) is 38.5 Å². The molecule has 0 aromatic heterocycles. The maximum Gasteiger partial charge on any atom is 0.347 e. The molecule has 0 aliphatic heterocycles. The molecule has 10 nitrogen and oxygen atoms in total. The Morgan fingerprint density at radius 2 is 1.70 bits per heavy atom. The second-order valence-corrected chi connectivity index (χ2v) is 6.94. The number of carbonyl (C=O) groups is 3. The molecule has 0 saturated heterocycles. The molecule has 134 valence electrons. The minimum atomic E-state index is -4.45. The average molecular weight is 352 g/mol. The van der Waals surface area contributed by atoms with Crippen molar-refractivity contribution in [1.29, 1.82) is 0 Å². The summed E-state index contributed by atoms with van der Waals surface area (Å²) in [7, 11) is -2.86. The van der Waals surface area contributed by atoms with Crippen LogP contribution in [0.25, 0.3) is 0 Å². The van der Waals surface area contributed by atoms with Crippen LogP contribution in [0.2, 0.25) is 0 Å². The predicted octanol–water partition coefficient (Wildman–Crippen LogP) is -1.75. The first kappa shape index (κ1) is 21.5. The predicted molar refractivity (Wildman–Crippen MR) is 83.4 cm³/mol. The molecular weight excluding hydrogens is 327 g/mol. The Balaban J connectivity index is 4.55. The SMILES string of the molecule is CCC[C@H](NC(=O)CNC(=O)CNC)C(=O)N[C@@H](C)P(=O)(O)O. The van der Waals surface area contributed by atoms with E-state index in [1.807, 2.05) is 0 Å². The third kappa shape index (κ3) is 9.29. The van der Waals surface area contributed by atoms with Crippen LogP contribution in [0.15, 0.2) is 0 Å². The number of likely N-dealkylation sites (N-methyl/N-ethyl adjacent to an activating group) is 1. The molecule has 6 N–H and O–H groups in total. The number of amides is 3. The van der Waals surface area contributed by atoms with Gasteiger partial charge in [-0.15, -0.1) is 0 Å². The Hall–Kier alpha value is -1.48. The molecule has 0 saturated carbocycles. The monoisotopic (exact) mass is 352 g/mol. The molecule has 0 aromatic carbocycles. The maximum absolute atomic E-state index is 12.0. The van der Waals surface area contributed by atoms with Gasteiger partial charge in [-0.3, -0.25) is 18.9 Å². The first-order valence-corrected chi connectivity index (χ1v) is 8.86. The summed E-state index contributed by atoms with van der Waals surface area (Å²) in [6.45, 7) is 2.75. The van der Waals surface area contributed by atoms with Crippen LogP contribution in [0.1, 0.15) is 26.7 Å². The van der Waals surface area contributed by atoms with Crippen molar-refractivity contribution >= 4 is 25.3 Å². The fraction of sp³-hybridized carbons (Fsp3) is 0.750. The van der Waals surface area contributed by atoms with Gasteiger partial charge in [0.25, 0.3) is 0 Å². The van der Waals surface area contributed by atoms with Crippen molar-refractivity contribution in [2.24, 2.45) is 0 Å². The lowest BCUT2D eigenvalue weighted by Crippen LogP contribution is -2.51. The third-order valence-electron chi connectivity index (χ3n) is 2.87. The zero-order chi connectivity index (χ0) is 18.0. The highest BCUT2D eigenvalue weighted by atomic mass is 31.2. The number of nitrogens with one attached hydrogen (secondary N) is 4. The zero-order valence-corrected chi connectivity index (χ0v) is 14.4. The first-order chi connectivity index (χ1) is 10.6. The highest BCUT2D eigenvalue weighted by Gasteiger charge is 2.29. The molecule has 3 amide bonds. The van der Waals surface area contributed by atoms with Gasteiger partial charge in [0.2, 0.25) is 17.7 Å². The van der Waals surface area contributed by atoms with E-state index < -0.39 is 31.2 Å². The summed E-state index contributed by atoms with van der Waals surface area (Å²) in [6.07, 6.45) is 0.880. The van der Waals surface area contributed by atoms with E-state index in [2.05, 4.69) is 21.3 Å². The van der Waals surface area contributed by atoms with E-state index in [0.717, 1.165) is 0 Å². The lowest BCUT2D eigenvalue weighted by Gasteiger charge is -2.21. The van der Waals surface area contributed by atoms with Crippen LogP contribution in [0.3, 0.4) is 0 Å². The van der Waals surface area contributed by atoms with Gasteiger partial charge in [-0.2, -0.15) is 0 Å². The molecule has 11 heteroatoms. The molecule has 0 unspecified atom stereocenters. The Kier molecular flexibility index (Phi) is 9.66. The second-order valence-electron chi connectivity index (χ2n) is 4.99. The fourth-order valence-corrected chi connectivity index (χ4v) is 1.89. The van der Waals surface area contributed by atoms with Crippen molar-refractivity contribution in [3.05, 3.63) is 0 Å². The Labute approximate surface area is 134 Å². The third-order valence-corrected chi connectivity index (χ3v) is 4.01. The second kappa shape index (κ2) is 10.3. The average Bonchev–Trinajstić information content (AvgIpc) is 2.43. The maximum atomic E-state index is 12.0. The van der Waals surface area contributed by atoms with E-state index in [9.17, 15) is 18.9 Å². The molecule has 0 fully saturated rings. The van der Waals surface area contributed by atoms with Gasteiger partial charge in [0.15, 0.2) is 0 Å². The number of hydrogen-bond acceptors (Lipinski definition) is 5. The molecule has 0 aliphatic carbocycles. The van der Waals surface area contributed by atoms with Crippen LogP contribution in [0, 0.1) is 0 Å². The van der Waals surface area contributed by atoms with E-state index in [-0.39, 0.29) is 19.0 Å². The lowest BCUT2D eigenvalue weighted by molar-refractivity contribution is -0.130. The number of hydrogen-bond donors (Lipinski definition) is 6. The van der Waals surface area contributed by atoms with Gasteiger partial charge in [-0.05, 0) is 20.4 Å². The van der Waals surface area contributed by atoms with Crippen molar-refractivity contribution in [3.63, 3.8) is 0 Å². The molecule has 23 heavy (non-hydrogen) atoms. The van der Waals surface area contributed by atoms with Gasteiger partial charge in [0, 0.05) is 0 Å². The molecule has 2 atom stereocenters. The van der Waals surface area contributed by atoms with Crippen LogP contribution in [-0.4, -0.2) is 59.5 Å². The van der Waals surface area contributed by atoms with E-state index in [4.69, 9.17) is 9.79 Å². The quantitative estimate of drug-likeness (QED) is 0.254. The van der Waals surface area contributed by atoms with Gasteiger partial charge >= 0.3 is 7.60 Å². The zero-order valence-electron chi connectivity index (χ0n) is 13.5. The van der Waals surface area contributed by atoms with Crippen LogP contribution < -0.4 is 21.3 Å². The topological polar surface area (TPSA) is 157 Å². The van der Waals surface area contributed by atoms with E-state index >= 15 is 0 Å². The number of rotatable bonds is 10. The summed E-state index contributed by atoms with van der Waals surface area (Å²) in [5.41, 5.74) is 0. The highest BCUT2D eigenvalue weighted by molar-refractivity contribution is 7.52. The fourth-order valence-electron chi connectivity index (χ4n) is 1.60. The van der Waals surface area contributed by atoms with Crippen molar-refractivity contribution in [3.8, 4) is 0 Å². The van der Waals surface area contributed by atoms with Gasteiger partial charge < -0.3 is 31.1 Å². The first-order valence-electron chi connectivity index (χ1n) is 7.18. The van der Waals surface area contributed by atoms with Crippen LogP contribution in [0.4, 0.5) is 0 Å². The van der Waals surface area contributed by atoms with Crippen molar-refractivity contribution in [2.75, 3.05) is 20.1 Å².